The summed E-state index contributed by atoms with van der Waals surface area (Å²) < 4.78 is 16.8. The van der Waals surface area contributed by atoms with Gasteiger partial charge in [0, 0.05) is 19.3 Å². The number of rotatable bonds is 58. The van der Waals surface area contributed by atoms with Crippen molar-refractivity contribution in [3.63, 3.8) is 0 Å². The summed E-state index contributed by atoms with van der Waals surface area (Å²) in [4.78, 5) is 38.0. The van der Waals surface area contributed by atoms with Crippen molar-refractivity contribution in [2.24, 2.45) is 0 Å². The Hall–Kier alpha value is -2.37. The van der Waals surface area contributed by atoms with Crippen LogP contribution < -0.4 is 0 Å². The van der Waals surface area contributed by atoms with E-state index < -0.39 is 6.10 Å². The molecule has 0 aliphatic carbocycles. The second kappa shape index (κ2) is 60.2. The van der Waals surface area contributed by atoms with E-state index in [1.807, 2.05) is 0 Å². The minimum absolute atomic E-state index is 0.0737. The van der Waals surface area contributed by atoms with E-state index >= 15 is 0 Å². The lowest BCUT2D eigenvalue weighted by Crippen LogP contribution is -2.30. The fourth-order valence-electron chi connectivity index (χ4n) is 9.34. The van der Waals surface area contributed by atoms with Crippen molar-refractivity contribution in [2.45, 2.75) is 348 Å². The highest BCUT2D eigenvalue weighted by Crippen LogP contribution is 2.17. The topological polar surface area (TPSA) is 78.9 Å². The van der Waals surface area contributed by atoms with Gasteiger partial charge in [-0.1, -0.05) is 288 Å². The van der Waals surface area contributed by atoms with E-state index in [0.29, 0.717) is 19.3 Å². The van der Waals surface area contributed by atoms with Crippen LogP contribution in [0.4, 0.5) is 0 Å². The summed E-state index contributed by atoms with van der Waals surface area (Å²) in [5.74, 6) is -0.875. The third-order valence-electron chi connectivity index (χ3n) is 14.1. The van der Waals surface area contributed by atoms with Crippen LogP contribution >= 0.6 is 0 Å². The summed E-state index contributed by atoms with van der Waals surface area (Å²) in [5, 5.41) is 0. The average molecular weight is 998 g/mol. The predicted octanol–water partition coefficient (Wildman–Crippen LogP) is 21.2. The van der Waals surface area contributed by atoms with Crippen molar-refractivity contribution in [3.05, 3.63) is 36.5 Å². The number of carbonyl (C=O) groups excluding carboxylic acids is 3. The quantitative estimate of drug-likeness (QED) is 0.0261. The van der Waals surface area contributed by atoms with Gasteiger partial charge in [0.1, 0.15) is 13.2 Å². The Balaban J connectivity index is 4.00. The lowest BCUT2D eigenvalue weighted by molar-refractivity contribution is -0.167. The molecule has 71 heavy (non-hydrogen) atoms. The maximum Gasteiger partial charge on any atom is 0.306 e. The number of carbonyl (C=O) groups is 3. The van der Waals surface area contributed by atoms with Gasteiger partial charge in [-0.05, 0) is 70.6 Å². The fraction of sp³-hybridized carbons (Fsp3) is 0.862. The molecular formula is C65H120O6. The highest BCUT2D eigenvalue weighted by molar-refractivity contribution is 5.71. The van der Waals surface area contributed by atoms with Crippen LogP contribution in [0.25, 0.3) is 0 Å². The second-order valence-electron chi connectivity index (χ2n) is 21.3. The Morgan fingerprint density at radius 1 is 0.282 bits per heavy atom. The normalized spacial score (nSPS) is 12.2. The van der Waals surface area contributed by atoms with Crippen LogP contribution in [-0.4, -0.2) is 37.2 Å². The van der Waals surface area contributed by atoms with E-state index in [0.717, 1.165) is 83.5 Å². The third-order valence-corrected chi connectivity index (χ3v) is 14.1. The largest absolute Gasteiger partial charge is 0.462 e. The molecule has 0 saturated carbocycles. The molecule has 0 aliphatic heterocycles. The van der Waals surface area contributed by atoms with Crippen LogP contribution in [0.3, 0.4) is 0 Å². The van der Waals surface area contributed by atoms with Crippen LogP contribution in [-0.2, 0) is 28.6 Å². The van der Waals surface area contributed by atoms with Crippen LogP contribution in [0, 0.1) is 0 Å². The van der Waals surface area contributed by atoms with E-state index in [2.05, 4.69) is 57.2 Å². The molecule has 0 aromatic heterocycles. The molecule has 6 nitrogen and oxygen atoms in total. The zero-order chi connectivity index (χ0) is 51.4. The third kappa shape index (κ3) is 58.4. The summed E-state index contributed by atoms with van der Waals surface area (Å²) in [6.45, 7) is 6.60. The summed E-state index contributed by atoms with van der Waals surface area (Å²) >= 11 is 0. The van der Waals surface area contributed by atoms with Crippen LogP contribution in [0.2, 0.25) is 0 Å². The van der Waals surface area contributed by atoms with Crippen molar-refractivity contribution < 1.29 is 28.6 Å². The first kappa shape index (κ1) is 68.6. The number of esters is 3. The molecule has 0 fully saturated rings. The van der Waals surface area contributed by atoms with Gasteiger partial charge >= 0.3 is 17.9 Å². The SMILES string of the molecule is CCCC/C=C\C/C=C\CCCCCCCC(=O)OC(COC(=O)CCCCCCCCCC)COC(=O)CCCCCCCCCCCCCCCCCCCCC/C=C\CCCCCCCCCC. The summed E-state index contributed by atoms with van der Waals surface area (Å²) in [5.41, 5.74) is 0. The molecule has 0 rings (SSSR count). The Kier molecular flexibility index (Phi) is 58.2. The van der Waals surface area contributed by atoms with Gasteiger partial charge in [-0.15, -0.1) is 0 Å². The highest BCUT2D eigenvalue weighted by Gasteiger charge is 2.19. The van der Waals surface area contributed by atoms with Crippen LogP contribution in [0.5, 0.6) is 0 Å². The first-order valence-corrected chi connectivity index (χ1v) is 31.5. The smallest absolute Gasteiger partial charge is 0.306 e. The maximum absolute atomic E-state index is 12.8. The first-order chi connectivity index (χ1) is 35.0. The Morgan fingerprint density at radius 2 is 0.521 bits per heavy atom. The minimum Gasteiger partial charge on any atom is -0.462 e. The Labute approximate surface area is 442 Å². The second-order valence-corrected chi connectivity index (χ2v) is 21.3. The van der Waals surface area contributed by atoms with Crippen molar-refractivity contribution in [1.82, 2.24) is 0 Å². The number of ether oxygens (including phenoxy) is 3. The summed E-state index contributed by atoms with van der Waals surface area (Å²) in [7, 11) is 0. The van der Waals surface area contributed by atoms with Gasteiger partial charge in [-0.2, -0.15) is 0 Å². The summed E-state index contributed by atoms with van der Waals surface area (Å²) in [6, 6.07) is 0. The van der Waals surface area contributed by atoms with E-state index in [-0.39, 0.29) is 31.1 Å². The number of hydrogen-bond acceptors (Lipinski definition) is 6. The Bertz CT molecular complexity index is 1190. The molecule has 416 valence electrons. The molecule has 0 heterocycles. The molecule has 0 aromatic rings. The van der Waals surface area contributed by atoms with E-state index in [1.165, 1.54) is 218 Å². The van der Waals surface area contributed by atoms with Gasteiger partial charge in [0.15, 0.2) is 6.10 Å². The first-order valence-electron chi connectivity index (χ1n) is 31.5. The zero-order valence-corrected chi connectivity index (χ0v) is 47.8. The number of hydrogen-bond donors (Lipinski definition) is 0. The molecule has 1 unspecified atom stereocenters. The van der Waals surface area contributed by atoms with E-state index in [4.69, 9.17) is 14.2 Å². The monoisotopic (exact) mass is 997 g/mol. The zero-order valence-electron chi connectivity index (χ0n) is 47.8. The van der Waals surface area contributed by atoms with Gasteiger partial charge in [-0.25, -0.2) is 0 Å². The molecule has 0 saturated heterocycles. The van der Waals surface area contributed by atoms with Crippen molar-refractivity contribution in [2.75, 3.05) is 13.2 Å². The number of unbranched alkanes of at least 4 members (excludes halogenated alkanes) is 41. The fourth-order valence-corrected chi connectivity index (χ4v) is 9.34. The molecule has 0 amide bonds. The molecule has 0 spiro atoms. The predicted molar refractivity (Wildman–Crippen MR) is 307 cm³/mol. The number of allylic oxidation sites excluding steroid dienone is 6. The molecular weight excluding hydrogens is 877 g/mol. The maximum atomic E-state index is 12.8. The van der Waals surface area contributed by atoms with Crippen LogP contribution in [0.1, 0.15) is 342 Å². The van der Waals surface area contributed by atoms with Crippen LogP contribution in [0.15, 0.2) is 36.5 Å². The van der Waals surface area contributed by atoms with Crippen molar-refractivity contribution in [1.29, 1.82) is 0 Å². The molecule has 0 radical (unpaired) electrons. The van der Waals surface area contributed by atoms with E-state index in [9.17, 15) is 14.4 Å². The molecule has 6 heteroatoms. The molecule has 0 bridgehead atoms. The van der Waals surface area contributed by atoms with Gasteiger partial charge in [0.25, 0.3) is 0 Å². The lowest BCUT2D eigenvalue weighted by atomic mass is 10.0. The van der Waals surface area contributed by atoms with E-state index in [1.54, 1.807) is 0 Å². The lowest BCUT2D eigenvalue weighted by Gasteiger charge is -2.18. The average Bonchev–Trinajstić information content (AvgIpc) is 3.37. The van der Waals surface area contributed by atoms with Crippen molar-refractivity contribution in [3.8, 4) is 0 Å². The standard InChI is InChI=1S/C65H120O6/c1-4-7-10-13-16-19-21-23-25-26-27-28-29-30-31-32-33-34-35-36-37-38-39-40-41-43-44-46-49-52-55-58-64(67)70-61-62(60-69-63(66)57-54-51-48-18-15-12-9-6-3)71-65(68)59-56-53-50-47-45-42-24-22-20-17-14-11-8-5-2/h14,17,22,24,26-27,62H,4-13,15-16,18-21,23,25,28-61H2,1-3H3/b17-14-,24-22-,27-26-. The molecule has 1 atom stereocenters. The van der Waals surface area contributed by atoms with Gasteiger partial charge in [-0.3, -0.25) is 14.4 Å². The Morgan fingerprint density at radius 3 is 0.831 bits per heavy atom. The summed E-state index contributed by atoms with van der Waals surface area (Å²) in [6.07, 6.45) is 73.3. The molecule has 0 N–H and O–H groups in total. The van der Waals surface area contributed by atoms with Gasteiger partial charge in [0.05, 0.1) is 0 Å². The van der Waals surface area contributed by atoms with Gasteiger partial charge < -0.3 is 14.2 Å². The highest BCUT2D eigenvalue weighted by atomic mass is 16.6. The minimum atomic E-state index is -0.774. The molecule has 0 aliphatic rings. The van der Waals surface area contributed by atoms with Crippen molar-refractivity contribution >= 4 is 17.9 Å². The van der Waals surface area contributed by atoms with Gasteiger partial charge in [0.2, 0.25) is 0 Å². The molecule has 0 aromatic carbocycles.